The highest BCUT2D eigenvalue weighted by atomic mass is 16.5. The molecule has 4 heteroatoms. The van der Waals surface area contributed by atoms with E-state index in [0.29, 0.717) is 26.3 Å². The molecule has 1 rings (SSSR count). The summed E-state index contributed by atoms with van der Waals surface area (Å²) in [6.07, 6.45) is 4.11. The van der Waals surface area contributed by atoms with Crippen LogP contribution in [0, 0.1) is 11.3 Å². The molecule has 1 amide bonds. The monoisotopic (exact) mass is 270 g/mol. The van der Waals surface area contributed by atoms with Crippen LogP contribution in [-0.4, -0.2) is 43.7 Å². The zero-order valence-electron chi connectivity index (χ0n) is 12.8. The van der Waals surface area contributed by atoms with Gasteiger partial charge in [-0.05, 0) is 45.4 Å². The fourth-order valence-electron chi connectivity index (χ4n) is 2.88. The smallest absolute Gasteiger partial charge is 0.230 e. The molecule has 1 saturated carbocycles. The van der Waals surface area contributed by atoms with Gasteiger partial charge in [0.15, 0.2) is 0 Å². The second kappa shape index (κ2) is 7.85. The number of nitrogens with zero attached hydrogens (tertiary/aromatic N) is 1. The maximum atomic E-state index is 12.8. The summed E-state index contributed by atoms with van der Waals surface area (Å²) >= 11 is 0. The third kappa shape index (κ3) is 4.18. The highest BCUT2D eigenvalue weighted by Gasteiger charge is 2.41. The van der Waals surface area contributed by atoms with E-state index in [1.54, 1.807) is 0 Å². The van der Waals surface area contributed by atoms with Crippen molar-refractivity contribution in [2.24, 2.45) is 17.1 Å². The van der Waals surface area contributed by atoms with E-state index in [0.717, 1.165) is 38.1 Å². The first-order valence-corrected chi connectivity index (χ1v) is 7.66. The molecule has 0 aromatic carbocycles. The number of hydrogen-bond acceptors (Lipinski definition) is 3. The van der Waals surface area contributed by atoms with Gasteiger partial charge >= 0.3 is 0 Å². The lowest BCUT2D eigenvalue weighted by molar-refractivity contribution is -0.144. The van der Waals surface area contributed by atoms with Gasteiger partial charge < -0.3 is 15.4 Å². The van der Waals surface area contributed by atoms with Crippen LogP contribution >= 0.6 is 0 Å². The first-order valence-electron chi connectivity index (χ1n) is 7.66. The van der Waals surface area contributed by atoms with Gasteiger partial charge in [-0.1, -0.05) is 6.92 Å². The first kappa shape index (κ1) is 16.4. The Bertz CT molecular complexity index is 273. The van der Waals surface area contributed by atoms with Gasteiger partial charge in [-0.25, -0.2) is 0 Å². The van der Waals surface area contributed by atoms with Crippen molar-refractivity contribution < 1.29 is 9.53 Å². The fraction of sp³-hybridized carbons (Fsp3) is 0.933. The largest absolute Gasteiger partial charge is 0.380 e. The molecule has 112 valence electrons. The van der Waals surface area contributed by atoms with Crippen LogP contribution in [0.3, 0.4) is 0 Å². The molecule has 0 bridgehead atoms. The topological polar surface area (TPSA) is 55.6 Å². The summed E-state index contributed by atoms with van der Waals surface area (Å²) < 4.78 is 5.36. The van der Waals surface area contributed by atoms with Crippen molar-refractivity contribution in [3.05, 3.63) is 0 Å². The second-order valence-electron chi connectivity index (χ2n) is 5.75. The number of amides is 1. The van der Waals surface area contributed by atoms with Gasteiger partial charge in [0, 0.05) is 26.2 Å². The van der Waals surface area contributed by atoms with Gasteiger partial charge in [0.05, 0.1) is 12.0 Å². The zero-order chi connectivity index (χ0) is 14.3. The first-order chi connectivity index (χ1) is 9.09. The Balaban J connectivity index is 2.64. The lowest BCUT2D eigenvalue weighted by Crippen LogP contribution is -2.50. The highest BCUT2D eigenvalue weighted by Crippen LogP contribution is 2.39. The Morgan fingerprint density at radius 2 is 2.00 bits per heavy atom. The minimum absolute atomic E-state index is 0.240. The van der Waals surface area contributed by atoms with Gasteiger partial charge in [-0.3, -0.25) is 4.79 Å². The third-order valence-electron chi connectivity index (χ3n) is 4.45. The molecular formula is C15H30N2O2. The van der Waals surface area contributed by atoms with E-state index in [4.69, 9.17) is 10.5 Å². The molecule has 0 radical (unpaired) electrons. The Morgan fingerprint density at radius 1 is 1.37 bits per heavy atom. The lowest BCUT2D eigenvalue weighted by atomic mass is 9.70. The van der Waals surface area contributed by atoms with E-state index < -0.39 is 0 Å². The average Bonchev–Trinajstić information content (AvgIpc) is 2.44. The van der Waals surface area contributed by atoms with E-state index in [1.165, 1.54) is 0 Å². The van der Waals surface area contributed by atoms with Crippen LogP contribution in [0.25, 0.3) is 0 Å². The van der Waals surface area contributed by atoms with Crippen molar-refractivity contribution in [3.8, 4) is 0 Å². The van der Waals surface area contributed by atoms with Crippen LogP contribution in [-0.2, 0) is 9.53 Å². The average molecular weight is 270 g/mol. The Kier molecular flexibility index (Phi) is 6.80. The van der Waals surface area contributed by atoms with Crippen molar-refractivity contribution in [2.75, 3.05) is 32.8 Å². The van der Waals surface area contributed by atoms with Gasteiger partial charge in [-0.2, -0.15) is 0 Å². The molecule has 0 aromatic rings. The SMILES string of the molecule is CCOCCN(CC)C(=O)C1(CN)CCC(C)CC1. The molecule has 2 N–H and O–H groups in total. The summed E-state index contributed by atoms with van der Waals surface area (Å²) in [4.78, 5) is 14.7. The maximum absolute atomic E-state index is 12.8. The Labute approximate surface area is 117 Å². The molecule has 0 unspecified atom stereocenters. The van der Waals surface area contributed by atoms with Gasteiger partial charge in [-0.15, -0.1) is 0 Å². The Hall–Kier alpha value is -0.610. The molecule has 0 saturated heterocycles. The highest BCUT2D eigenvalue weighted by molar-refractivity contribution is 5.83. The summed E-state index contributed by atoms with van der Waals surface area (Å²) in [6.45, 7) is 9.48. The number of hydrogen-bond donors (Lipinski definition) is 1. The molecule has 0 atom stereocenters. The van der Waals surface area contributed by atoms with Crippen LogP contribution in [0.1, 0.15) is 46.5 Å². The van der Waals surface area contributed by atoms with E-state index in [9.17, 15) is 4.79 Å². The summed E-state index contributed by atoms with van der Waals surface area (Å²) in [5.41, 5.74) is 5.64. The van der Waals surface area contributed by atoms with E-state index in [-0.39, 0.29) is 11.3 Å². The van der Waals surface area contributed by atoms with Crippen LogP contribution < -0.4 is 5.73 Å². The fourth-order valence-corrected chi connectivity index (χ4v) is 2.88. The normalized spacial score (nSPS) is 27.3. The number of likely N-dealkylation sites (N-methyl/N-ethyl adjacent to an activating group) is 1. The number of ether oxygens (including phenoxy) is 1. The maximum Gasteiger partial charge on any atom is 0.230 e. The molecular weight excluding hydrogens is 240 g/mol. The van der Waals surface area contributed by atoms with Gasteiger partial charge in [0.2, 0.25) is 5.91 Å². The summed E-state index contributed by atoms with van der Waals surface area (Å²) in [5, 5.41) is 0. The van der Waals surface area contributed by atoms with Crippen molar-refractivity contribution in [2.45, 2.75) is 46.5 Å². The summed E-state index contributed by atoms with van der Waals surface area (Å²) in [6, 6.07) is 0. The number of carbonyl (C=O) groups is 1. The predicted octanol–water partition coefficient (Wildman–Crippen LogP) is 2.03. The van der Waals surface area contributed by atoms with Gasteiger partial charge in [0.1, 0.15) is 0 Å². The zero-order valence-corrected chi connectivity index (χ0v) is 12.8. The molecule has 4 nitrogen and oxygen atoms in total. The molecule has 1 fully saturated rings. The minimum atomic E-state index is -0.311. The number of carbonyl (C=O) groups excluding carboxylic acids is 1. The predicted molar refractivity (Wildman–Crippen MR) is 77.9 cm³/mol. The van der Waals surface area contributed by atoms with Crippen LogP contribution in [0.4, 0.5) is 0 Å². The van der Waals surface area contributed by atoms with Crippen LogP contribution in [0.15, 0.2) is 0 Å². The minimum Gasteiger partial charge on any atom is -0.380 e. The molecule has 0 spiro atoms. The van der Waals surface area contributed by atoms with Crippen molar-refractivity contribution >= 4 is 5.91 Å². The Morgan fingerprint density at radius 3 is 2.47 bits per heavy atom. The third-order valence-corrected chi connectivity index (χ3v) is 4.45. The molecule has 0 heterocycles. The quantitative estimate of drug-likeness (QED) is 0.720. The van der Waals surface area contributed by atoms with E-state index >= 15 is 0 Å². The number of rotatable bonds is 7. The molecule has 19 heavy (non-hydrogen) atoms. The number of nitrogens with two attached hydrogens (primary N) is 1. The standard InChI is InChI=1S/C15H30N2O2/c1-4-17(10-11-19-5-2)14(18)15(12-16)8-6-13(3)7-9-15/h13H,4-12,16H2,1-3H3. The van der Waals surface area contributed by atoms with Crippen LogP contribution in [0.5, 0.6) is 0 Å². The summed E-state index contributed by atoms with van der Waals surface area (Å²) in [5.74, 6) is 0.968. The van der Waals surface area contributed by atoms with Crippen molar-refractivity contribution in [1.29, 1.82) is 0 Å². The molecule has 1 aliphatic carbocycles. The molecule has 0 aliphatic heterocycles. The lowest BCUT2D eigenvalue weighted by Gasteiger charge is -2.40. The second-order valence-corrected chi connectivity index (χ2v) is 5.75. The van der Waals surface area contributed by atoms with Crippen LogP contribution in [0.2, 0.25) is 0 Å². The molecule has 0 aromatic heterocycles. The van der Waals surface area contributed by atoms with E-state index in [1.807, 2.05) is 18.7 Å². The van der Waals surface area contributed by atoms with E-state index in [2.05, 4.69) is 6.92 Å². The molecule has 1 aliphatic rings. The van der Waals surface area contributed by atoms with Crippen molar-refractivity contribution in [1.82, 2.24) is 4.90 Å². The summed E-state index contributed by atoms with van der Waals surface area (Å²) in [7, 11) is 0. The van der Waals surface area contributed by atoms with Gasteiger partial charge in [0.25, 0.3) is 0 Å². The van der Waals surface area contributed by atoms with Crippen molar-refractivity contribution in [3.63, 3.8) is 0 Å².